The van der Waals surface area contributed by atoms with Crippen LogP contribution in [-0.4, -0.2) is 10.7 Å². The lowest BCUT2D eigenvalue weighted by Crippen LogP contribution is -2.22. The highest BCUT2D eigenvalue weighted by Crippen LogP contribution is 2.28. The molecule has 0 spiro atoms. The Labute approximate surface area is 131 Å². The van der Waals surface area contributed by atoms with Crippen LogP contribution in [-0.2, 0) is 0 Å². The fourth-order valence-corrected chi connectivity index (χ4v) is 2.94. The molecule has 0 aliphatic heterocycles. The van der Waals surface area contributed by atoms with E-state index in [-0.39, 0.29) is 0 Å². The van der Waals surface area contributed by atoms with Gasteiger partial charge >= 0.3 is 0 Å². The summed E-state index contributed by atoms with van der Waals surface area (Å²) in [5, 5.41) is 10.4. The summed E-state index contributed by atoms with van der Waals surface area (Å²) in [5.41, 5.74) is 2.22. The summed E-state index contributed by atoms with van der Waals surface area (Å²) in [7, 11) is 0. The first-order valence-corrected chi connectivity index (χ1v) is 8.51. The van der Waals surface area contributed by atoms with Gasteiger partial charge < -0.3 is 5.11 Å². The van der Waals surface area contributed by atoms with Crippen LogP contribution in [0.4, 0.5) is 0 Å². The molecule has 1 rings (SSSR count). The van der Waals surface area contributed by atoms with Crippen LogP contribution >= 0.6 is 0 Å². The molecule has 0 aromatic carbocycles. The molecule has 0 aromatic rings. The summed E-state index contributed by atoms with van der Waals surface area (Å²) in [4.78, 5) is 0. The standard InChI is InChI=1S/C20H34O/c1-16(2)8-6-10-18(4)19-12-11-17(3)9-7-14-20(5,21)15-13-19/h8-9,13,15,18-19,21H,6-7,10-12,14H2,1-5H3/b15-13+,17-9?. The van der Waals surface area contributed by atoms with Crippen LogP contribution in [0.25, 0.3) is 0 Å². The van der Waals surface area contributed by atoms with Crippen molar-refractivity contribution in [2.24, 2.45) is 11.8 Å². The number of aliphatic hydroxyl groups is 1. The SMILES string of the molecule is CC(C)=CCCC(C)C1/C=C/C(C)(O)CCC=C(C)CC1. The van der Waals surface area contributed by atoms with Crippen molar-refractivity contribution in [2.75, 3.05) is 0 Å². The molecule has 1 aliphatic carbocycles. The van der Waals surface area contributed by atoms with Gasteiger partial charge in [0.25, 0.3) is 0 Å². The minimum atomic E-state index is -0.661. The van der Waals surface area contributed by atoms with Crippen LogP contribution in [0, 0.1) is 11.8 Å². The topological polar surface area (TPSA) is 20.2 Å². The molecule has 21 heavy (non-hydrogen) atoms. The summed E-state index contributed by atoms with van der Waals surface area (Å²) in [6.07, 6.45) is 15.5. The number of allylic oxidation sites excluding steroid dienone is 5. The first kappa shape index (κ1) is 18.2. The highest BCUT2D eigenvalue weighted by molar-refractivity contribution is 5.07. The van der Waals surface area contributed by atoms with E-state index in [2.05, 4.69) is 45.9 Å². The fourth-order valence-electron chi connectivity index (χ4n) is 2.94. The summed E-state index contributed by atoms with van der Waals surface area (Å²) < 4.78 is 0. The van der Waals surface area contributed by atoms with Gasteiger partial charge in [-0.25, -0.2) is 0 Å². The Bertz CT molecular complexity index is 394. The molecule has 0 aromatic heterocycles. The quantitative estimate of drug-likeness (QED) is 0.647. The van der Waals surface area contributed by atoms with Crippen molar-refractivity contribution in [1.82, 2.24) is 0 Å². The fraction of sp³-hybridized carbons (Fsp3) is 0.700. The van der Waals surface area contributed by atoms with E-state index in [0.717, 1.165) is 12.8 Å². The molecule has 0 heterocycles. The van der Waals surface area contributed by atoms with Crippen LogP contribution < -0.4 is 0 Å². The van der Waals surface area contributed by atoms with Crippen LogP contribution in [0.3, 0.4) is 0 Å². The maximum atomic E-state index is 10.4. The van der Waals surface area contributed by atoms with E-state index in [1.807, 2.05) is 13.0 Å². The Balaban J connectivity index is 2.71. The van der Waals surface area contributed by atoms with E-state index in [9.17, 15) is 5.11 Å². The van der Waals surface area contributed by atoms with E-state index in [1.54, 1.807) is 0 Å². The lowest BCUT2D eigenvalue weighted by atomic mass is 9.83. The highest BCUT2D eigenvalue weighted by atomic mass is 16.3. The molecule has 1 aliphatic rings. The van der Waals surface area contributed by atoms with Gasteiger partial charge in [0.15, 0.2) is 0 Å². The molecule has 3 atom stereocenters. The van der Waals surface area contributed by atoms with E-state index in [4.69, 9.17) is 0 Å². The van der Waals surface area contributed by atoms with Gasteiger partial charge in [-0.2, -0.15) is 0 Å². The number of hydrogen-bond acceptors (Lipinski definition) is 1. The van der Waals surface area contributed by atoms with Gasteiger partial charge in [-0.05, 0) is 78.1 Å². The Morgan fingerprint density at radius 3 is 2.86 bits per heavy atom. The average Bonchev–Trinajstić information content (AvgIpc) is 2.37. The van der Waals surface area contributed by atoms with Gasteiger partial charge in [0.2, 0.25) is 0 Å². The van der Waals surface area contributed by atoms with Crippen molar-refractivity contribution in [3.63, 3.8) is 0 Å². The Morgan fingerprint density at radius 2 is 2.19 bits per heavy atom. The third-order valence-electron chi connectivity index (χ3n) is 4.62. The molecule has 0 amide bonds. The lowest BCUT2D eigenvalue weighted by molar-refractivity contribution is 0.102. The van der Waals surface area contributed by atoms with E-state index in [0.29, 0.717) is 11.8 Å². The second-order valence-electron chi connectivity index (χ2n) is 7.34. The monoisotopic (exact) mass is 290 g/mol. The average molecular weight is 290 g/mol. The van der Waals surface area contributed by atoms with Gasteiger partial charge in [0, 0.05) is 0 Å². The molecule has 1 nitrogen and oxygen atoms in total. The zero-order valence-electron chi connectivity index (χ0n) is 14.7. The van der Waals surface area contributed by atoms with Gasteiger partial charge in [0.1, 0.15) is 0 Å². The number of hydrogen-bond donors (Lipinski definition) is 1. The van der Waals surface area contributed by atoms with Gasteiger partial charge in [-0.3, -0.25) is 0 Å². The van der Waals surface area contributed by atoms with E-state index < -0.39 is 5.60 Å². The van der Waals surface area contributed by atoms with Crippen molar-refractivity contribution in [3.8, 4) is 0 Å². The lowest BCUT2D eigenvalue weighted by Gasteiger charge is -2.25. The summed E-state index contributed by atoms with van der Waals surface area (Å²) in [5.74, 6) is 1.24. The third kappa shape index (κ3) is 7.66. The van der Waals surface area contributed by atoms with Crippen molar-refractivity contribution >= 4 is 0 Å². The smallest absolute Gasteiger partial charge is 0.0802 e. The maximum Gasteiger partial charge on any atom is 0.0802 e. The maximum absolute atomic E-state index is 10.4. The van der Waals surface area contributed by atoms with Crippen LogP contribution in [0.15, 0.2) is 35.5 Å². The molecule has 0 saturated heterocycles. The number of rotatable bonds is 4. The van der Waals surface area contributed by atoms with Gasteiger partial charge in [0.05, 0.1) is 5.60 Å². The largest absolute Gasteiger partial charge is 0.386 e. The van der Waals surface area contributed by atoms with Crippen LogP contribution in [0.1, 0.15) is 73.1 Å². The van der Waals surface area contributed by atoms with Crippen molar-refractivity contribution < 1.29 is 5.11 Å². The molecule has 0 saturated carbocycles. The Kier molecular flexibility index (Phi) is 7.45. The van der Waals surface area contributed by atoms with Crippen molar-refractivity contribution in [1.29, 1.82) is 0 Å². The second-order valence-corrected chi connectivity index (χ2v) is 7.34. The molecule has 120 valence electrons. The van der Waals surface area contributed by atoms with Crippen LogP contribution in [0.2, 0.25) is 0 Å². The molecule has 0 fully saturated rings. The van der Waals surface area contributed by atoms with Gasteiger partial charge in [-0.15, -0.1) is 0 Å². The third-order valence-corrected chi connectivity index (χ3v) is 4.62. The predicted octanol–water partition coefficient (Wildman–Crippen LogP) is 5.81. The zero-order valence-corrected chi connectivity index (χ0v) is 14.7. The Morgan fingerprint density at radius 1 is 1.48 bits per heavy atom. The molecule has 3 unspecified atom stereocenters. The summed E-state index contributed by atoms with van der Waals surface area (Å²) in [6, 6.07) is 0. The second kappa shape index (κ2) is 8.58. The minimum Gasteiger partial charge on any atom is -0.386 e. The normalized spacial score (nSPS) is 30.2. The van der Waals surface area contributed by atoms with Crippen molar-refractivity contribution in [3.05, 3.63) is 35.5 Å². The highest BCUT2D eigenvalue weighted by Gasteiger charge is 2.20. The summed E-state index contributed by atoms with van der Waals surface area (Å²) in [6.45, 7) is 10.8. The first-order valence-electron chi connectivity index (χ1n) is 8.51. The molecule has 0 radical (unpaired) electrons. The molecule has 1 heteroatoms. The minimum absolute atomic E-state index is 0.573. The van der Waals surface area contributed by atoms with Gasteiger partial charge in [-0.1, -0.05) is 42.4 Å². The summed E-state index contributed by atoms with van der Waals surface area (Å²) >= 11 is 0. The van der Waals surface area contributed by atoms with Crippen LogP contribution in [0.5, 0.6) is 0 Å². The zero-order chi connectivity index (χ0) is 15.9. The molecule has 0 bridgehead atoms. The first-order chi connectivity index (χ1) is 9.80. The molecular weight excluding hydrogens is 256 g/mol. The van der Waals surface area contributed by atoms with E-state index in [1.165, 1.54) is 36.8 Å². The van der Waals surface area contributed by atoms with Crippen molar-refractivity contribution in [2.45, 2.75) is 78.7 Å². The Hall–Kier alpha value is -0.820. The van der Waals surface area contributed by atoms with E-state index >= 15 is 0 Å². The predicted molar refractivity (Wildman–Crippen MR) is 93.3 cm³/mol. The molecular formula is C20H34O. The molecule has 1 N–H and O–H groups in total.